The van der Waals surface area contributed by atoms with Crippen molar-refractivity contribution in [2.24, 2.45) is 0 Å². The summed E-state index contributed by atoms with van der Waals surface area (Å²) < 4.78 is 16.2. The molecule has 0 bridgehead atoms. The van der Waals surface area contributed by atoms with Gasteiger partial charge >= 0.3 is 0 Å². The highest BCUT2D eigenvalue weighted by atomic mass is 35.5. The number of hydrogen-bond donors (Lipinski definition) is 1. The van der Waals surface area contributed by atoms with Crippen LogP contribution in [0.4, 0.5) is 5.69 Å². The Hall–Kier alpha value is -2.99. The van der Waals surface area contributed by atoms with Crippen molar-refractivity contribution in [2.45, 2.75) is 19.8 Å². The Morgan fingerprint density at radius 3 is 2.54 bits per heavy atom. The van der Waals surface area contributed by atoms with E-state index in [1.807, 2.05) is 31.2 Å². The van der Waals surface area contributed by atoms with E-state index in [1.54, 1.807) is 18.3 Å². The number of aromatic nitrogens is 1. The summed E-state index contributed by atoms with van der Waals surface area (Å²) in [5.74, 6) is 1.90. The monoisotopic (exact) mass is 400 g/mol. The second kappa shape index (κ2) is 8.80. The van der Waals surface area contributed by atoms with E-state index in [-0.39, 0.29) is 12.3 Å². The van der Waals surface area contributed by atoms with Gasteiger partial charge in [-0.2, -0.15) is 0 Å². The third-order valence-electron chi connectivity index (χ3n) is 4.20. The van der Waals surface area contributed by atoms with Crippen LogP contribution in [0.2, 0.25) is 5.02 Å². The number of aryl methyl sites for hydroxylation is 2. The van der Waals surface area contributed by atoms with Crippen molar-refractivity contribution in [1.29, 1.82) is 0 Å². The van der Waals surface area contributed by atoms with Crippen LogP contribution in [0.15, 0.2) is 47.0 Å². The molecule has 3 aromatic rings. The van der Waals surface area contributed by atoms with Crippen LogP contribution in [0, 0.1) is 6.92 Å². The number of nitrogens with zero attached hydrogens (tertiary/aromatic N) is 1. The minimum Gasteiger partial charge on any atom is -0.495 e. The summed E-state index contributed by atoms with van der Waals surface area (Å²) in [5.41, 5.74) is 2.61. The van der Waals surface area contributed by atoms with E-state index < -0.39 is 0 Å². The summed E-state index contributed by atoms with van der Waals surface area (Å²) in [7, 11) is 3.01. The van der Waals surface area contributed by atoms with Crippen LogP contribution >= 0.6 is 11.6 Å². The summed E-state index contributed by atoms with van der Waals surface area (Å²) in [6.45, 7) is 2.03. The largest absolute Gasteiger partial charge is 0.495 e. The van der Waals surface area contributed by atoms with Gasteiger partial charge in [0.15, 0.2) is 11.7 Å². The molecule has 0 aliphatic carbocycles. The normalized spacial score (nSPS) is 10.6. The molecular weight excluding hydrogens is 380 g/mol. The van der Waals surface area contributed by atoms with E-state index in [4.69, 9.17) is 25.5 Å². The van der Waals surface area contributed by atoms with Crippen molar-refractivity contribution >= 4 is 23.2 Å². The van der Waals surface area contributed by atoms with E-state index >= 15 is 0 Å². The molecule has 1 heterocycles. The van der Waals surface area contributed by atoms with Crippen LogP contribution in [0.1, 0.15) is 17.9 Å². The number of hydrogen-bond acceptors (Lipinski definition) is 5. The second-order valence-electron chi connectivity index (χ2n) is 6.22. The lowest BCUT2D eigenvalue weighted by Gasteiger charge is -2.13. The Morgan fingerprint density at radius 1 is 1.14 bits per heavy atom. The smallest absolute Gasteiger partial charge is 0.224 e. The Morgan fingerprint density at radius 2 is 1.86 bits per heavy atom. The zero-order valence-electron chi connectivity index (χ0n) is 15.9. The lowest BCUT2D eigenvalue weighted by molar-refractivity contribution is -0.116. The number of carbonyl (C=O) groups is 1. The standard InChI is InChI=1S/C21H21ClN2O4/c1-13-4-6-14(7-5-13)19-12-23-21(28-19)9-8-20(25)24-16-11-17(26-2)15(22)10-18(16)27-3/h4-7,10-12H,8-9H2,1-3H3,(H,24,25). The van der Waals surface area contributed by atoms with Gasteiger partial charge in [0.25, 0.3) is 0 Å². The number of benzene rings is 2. The lowest BCUT2D eigenvalue weighted by Crippen LogP contribution is -2.13. The fourth-order valence-corrected chi connectivity index (χ4v) is 2.90. The number of amides is 1. The average molecular weight is 401 g/mol. The molecule has 3 rings (SSSR count). The molecule has 1 amide bonds. The van der Waals surface area contributed by atoms with E-state index in [9.17, 15) is 4.79 Å². The van der Waals surface area contributed by atoms with Crippen molar-refractivity contribution < 1.29 is 18.7 Å². The molecule has 0 aliphatic heterocycles. The fourth-order valence-electron chi connectivity index (χ4n) is 2.67. The molecular formula is C21H21ClN2O4. The Kier molecular flexibility index (Phi) is 6.21. The number of nitrogens with one attached hydrogen (secondary N) is 1. The maximum Gasteiger partial charge on any atom is 0.224 e. The third kappa shape index (κ3) is 4.64. The number of rotatable bonds is 7. The van der Waals surface area contributed by atoms with Crippen LogP contribution in [0.25, 0.3) is 11.3 Å². The first-order valence-electron chi connectivity index (χ1n) is 8.73. The number of halogens is 1. The molecule has 0 fully saturated rings. The summed E-state index contributed by atoms with van der Waals surface area (Å²) in [6.07, 6.45) is 2.26. The van der Waals surface area contributed by atoms with Crippen molar-refractivity contribution in [3.05, 3.63) is 59.1 Å². The van der Waals surface area contributed by atoms with Gasteiger partial charge in [-0.3, -0.25) is 4.79 Å². The number of carbonyl (C=O) groups excluding carboxylic acids is 1. The second-order valence-corrected chi connectivity index (χ2v) is 6.63. The summed E-state index contributed by atoms with van der Waals surface area (Å²) in [6, 6.07) is 11.2. The molecule has 1 aromatic heterocycles. The van der Waals surface area contributed by atoms with Gasteiger partial charge in [-0.25, -0.2) is 4.98 Å². The topological polar surface area (TPSA) is 73.6 Å². The van der Waals surface area contributed by atoms with Gasteiger partial charge < -0.3 is 19.2 Å². The molecule has 0 aliphatic rings. The fraction of sp³-hybridized carbons (Fsp3) is 0.238. The molecule has 146 valence electrons. The highest BCUT2D eigenvalue weighted by Gasteiger charge is 2.14. The van der Waals surface area contributed by atoms with Crippen LogP contribution in [0.3, 0.4) is 0 Å². The van der Waals surface area contributed by atoms with E-state index in [0.29, 0.717) is 40.3 Å². The lowest BCUT2D eigenvalue weighted by atomic mass is 10.1. The Balaban J connectivity index is 1.63. The van der Waals surface area contributed by atoms with E-state index in [2.05, 4.69) is 10.3 Å². The van der Waals surface area contributed by atoms with Gasteiger partial charge in [-0.1, -0.05) is 41.4 Å². The zero-order valence-corrected chi connectivity index (χ0v) is 16.7. The Labute approximate surface area is 168 Å². The predicted molar refractivity (Wildman–Crippen MR) is 108 cm³/mol. The van der Waals surface area contributed by atoms with Crippen molar-refractivity contribution in [3.8, 4) is 22.8 Å². The number of methoxy groups -OCH3 is 2. The van der Waals surface area contributed by atoms with Crippen molar-refractivity contribution in [2.75, 3.05) is 19.5 Å². The Bertz CT molecular complexity index is 967. The highest BCUT2D eigenvalue weighted by molar-refractivity contribution is 6.32. The molecule has 0 spiro atoms. The van der Waals surface area contributed by atoms with Gasteiger partial charge in [-0.15, -0.1) is 0 Å². The molecule has 2 aromatic carbocycles. The minimum absolute atomic E-state index is 0.197. The molecule has 28 heavy (non-hydrogen) atoms. The molecule has 7 heteroatoms. The predicted octanol–water partition coefficient (Wildman–Crippen LogP) is 4.89. The SMILES string of the molecule is COc1cc(NC(=O)CCc2ncc(-c3ccc(C)cc3)o2)c(OC)cc1Cl. The van der Waals surface area contributed by atoms with Gasteiger partial charge in [0, 0.05) is 30.5 Å². The first-order valence-corrected chi connectivity index (χ1v) is 9.11. The van der Waals surface area contributed by atoms with Crippen LogP contribution in [0.5, 0.6) is 11.5 Å². The molecule has 0 unspecified atom stereocenters. The van der Waals surface area contributed by atoms with Crippen LogP contribution in [-0.2, 0) is 11.2 Å². The van der Waals surface area contributed by atoms with Crippen molar-refractivity contribution in [1.82, 2.24) is 4.98 Å². The van der Waals surface area contributed by atoms with Gasteiger partial charge in [0.1, 0.15) is 11.5 Å². The van der Waals surface area contributed by atoms with Gasteiger partial charge in [0.2, 0.25) is 5.91 Å². The first-order chi connectivity index (χ1) is 13.5. The summed E-state index contributed by atoms with van der Waals surface area (Å²) in [5, 5.41) is 3.21. The summed E-state index contributed by atoms with van der Waals surface area (Å²) >= 11 is 6.08. The number of ether oxygens (including phenoxy) is 2. The quantitative estimate of drug-likeness (QED) is 0.611. The number of oxazole rings is 1. The van der Waals surface area contributed by atoms with Crippen LogP contribution in [-0.4, -0.2) is 25.1 Å². The molecule has 0 radical (unpaired) electrons. The molecule has 0 saturated heterocycles. The maximum absolute atomic E-state index is 12.3. The zero-order chi connectivity index (χ0) is 20.1. The van der Waals surface area contributed by atoms with Gasteiger partial charge in [0.05, 0.1) is 31.1 Å². The molecule has 0 atom stereocenters. The summed E-state index contributed by atoms with van der Waals surface area (Å²) in [4.78, 5) is 16.6. The van der Waals surface area contributed by atoms with E-state index in [0.717, 1.165) is 5.56 Å². The van der Waals surface area contributed by atoms with Gasteiger partial charge in [-0.05, 0) is 6.92 Å². The van der Waals surface area contributed by atoms with Crippen LogP contribution < -0.4 is 14.8 Å². The first kappa shape index (κ1) is 19.8. The number of anilines is 1. The third-order valence-corrected chi connectivity index (χ3v) is 4.50. The minimum atomic E-state index is -0.197. The molecule has 0 saturated carbocycles. The maximum atomic E-state index is 12.3. The average Bonchev–Trinajstić information content (AvgIpc) is 3.17. The molecule has 1 N–H and O–H groups in total. The molecule has 6 nitrogen and oxygen atoms in total. The van der Waals surface area contributed by atoms with Crippen molar-refractivity contribution in [3.63, 3.8) is 0 Å². The van der Waals surface area contributed by atoms with E-state index in [1.165, 1.54) is 19.8 Å². The highest BCUT2D eigenvalue weighted by Crippen LogP contribution is 2.36.